The van der Waals surface area contributed by atoms with Gasteiger partial charge in [-0.1, -0.05) is 35.5 Å². The molecule has 0 aliphatic rings. The molecule has 25 heavy (non-hydrogen) atoms. The lowest BCUT2D eigenvalue weighted by atomic mass is 10.0. The van der Waals surface area contributed by atoms with Crippen molar-refractivity contribution in [3.63, 3.8) is 0 Å². The maximum absolute atomic E-state index is 12.0. The van der Waals surface area contributed by atoms with Crippen LogP contribution in [0, 0.1) is 6.92 Å². The zero-order valence-electron chi connectivity index (χ0n) is 13.9. The third kappa shape index (κ3) is 2.52. The van der Waals surface area contributed by atoms with E-state index >= 15 is 0 Å². The fourth-order valence-electron chi connectivity index (χ4n) is 3.06. The number of ether oxygens (including phenoxy) is 1. The van der Waals surface area contributed by atoms with Gasteiger partial charge in [0.1, 0.15) is 5.52 Å². The molecule has 0 unspecified atom stereocenters. The summed E-state index contributed by atoms with van der Waals surface area (Å²) in [5.41, 5.74) is 4.92. The van der Waals surface area contributed by atoms with Crippen LogP contribution < -0.4 is 0 Å². The summed E-state index contributed by atoms with van der Waals surface area (Å²) in [6.07, 6.45) is 0.129. The molecular weight excluding hydrogens is 316 g/mol. The number of carbonyl (C=O) groups excluding carboxylic acids is 1. The average molecular weight is 332 g/mol. The number of fused-ring (bicyclic) bond motifs is 2. The molecule has 6 heteroatoms. The molecule has 0 spiro atoms. The Bertz CT molecular complexity index is 1100. The highest BCUT2D eigenvalue weighted by Gasteiger charge is 2.19. The van der Waals surface area contributed by atoms with Gasteiger partial charge in [0.2, 0.25) is 0 Å². The second-order valence-electron chi connectivity index (χ2n) is 5.78. The zero-order chi connectivity index (χ0) is 17.4. The number of aryl methyl sites for hydroxylation is 1. The van der Waals surface area contributed by atoms with Gasteiger partial charge in [0, 0.05) is 16.6 Å². The number of rotatable bonds is 3. The lowest BCUT2D eigenvalue weighted by molar-refractivity contribution is -0.139. The van der Waals surface area contributed by atoms with Gasteiger partial charge in [0.05, 0.1) is 30.3 Å². The molecule has 0 fully saturated rings. The molecule has 2 aromatic heterocycles. The second kappa shape index (κ2) is 5.98. The van der Waals surface area contributed by atoms with Gasteiger partial charge in [-0.3, -0.25) is 9.78 Å². The van der Waals surface area contributed by atoms with Gasteiger partial charge in [-0.2, -0.15) is 0 Å². The molecule has 124 valence electrons. The van der Waals surface area contributed by atoms with E-state index in [9.17, 15) is 4.79 Å². The molecule has 6 nitrogen and oxygen atoms in total. The van der Waals surface area contributed by atoms with Crippen LogP contribution >= 0.6 is 0 Å². The number of aromatic nitrogens is 4. The van der Waals surface area contributed by atoms with Crippen LogP contribution in [0.3, 0.4) is 0 Å². The minimum Gasteiger partial charge on any atom is -0.469 e. The van der Waals surface area contributed by atoms with Crippen LogP contribution in [-0.4, -0.2) is 33.1 Å². The fraction of sp³-hybridized carbons (Fsp3) is 0.158. The smallest absolute Gasteiger partial charge is 0.310 e. The maximum Gasteiger partial charge on any atom is 0.310 e. The fourth-order valence-corrected chi connectivity index (χ4v) is 3.06. The van der Waals surface area contributed by atoms with Crippen molar-refractivity contribution in [1.29, 1.82) is 0 Å². The van der Waals surface area contributed by atoms with Crippen LogP contribution in [0.2, 0.25) is 0 Å². The Kier molecular flexibility index (Phi) is 3.65. The van der Waals surface area contributed by atoms with Gasteiger partial charge in [-0.25, -0.2) is 4.68 Å². The van der Waals surface area contributed by atoms with Crippen molar-refractivity contribution < 1.29 is 9.53 Å². The van der Waals surface area contributed by atoms with Crippen LogP contribution in [0.5, 0.6) is 0 Å². The van der Waals surface area contributed by atoms with Crippen molar-refractivity contribution in [3.05, 3.63) is 59.8 Å². The largest absolute Gasteiger partial charge is 0.469 e. The summed E-state index contributed by atoms with van der Waals surface area (Å²) in [6, 6.07) is 15.6. The van der Waals surface area contributed by atoms with Gasteiger partial charge in [-0.05, 0) is 25.1 Å². The molecule has 0 saturated heterocycles. The summed E-state index contributed by atoms with van der Waals surface area (Å²) in [6.45, 7) is 1.90. The number of hydrogen-bond acceptors (Lipinski definition) is 5. The molecule has 0 amide bonds. The van der Waals surface area contributed by atoms with Crippen molar-refractivity contribution in [2.75, 3.05) is 7.11 Å². The quantitative estimate of drug-likeness (QED) is 0.539. The number of pyridine rings is 1. The van der Waals surface area contributed by atoms with E-state index in [4.69, 9.17) is 4.74 Å². The number of nitrogens with zero attached hydrogens (tertiary/aromatic N) is 4. The normalized spacial score (nSPS) is 11.1. The molecule has 0 saturated carbocycles. The number of benzene rings is 2. The predicted molar refractivity (Wildman–Crippen MR) is 94.6 cm³/mol. The van der Waals surface area contributed by atoms with Crippen molar-refractivity contribution in [2.45, 2.75) is 13.3 Å². The molecule has 0 radical (unpaired) electrons. The van der Waals surface area contributed by atoms with Crippen LogP contribution in [0.15, 0.2) is 48.5 Å². The number of methoxy groups -OCH3 is 1. The van der Waals surface area contributed by atoms with Gasteiger partial charge in [0.25, 0.3) is 0 Å². The second-order valence-corrected chi connectivity index (χ2v) is 5.78. The van der Waals surface area contributed by atoms with E-state index in [0.717, 1.165) is 38.9 Å². The van der Waals surface area contributed by atoms with E-state index in [-0.39, 0.29) is 12.4 Å². The summed E-state index contributed by atoms with van der Waals surface area (Å²) in [5, 5.41) is 9.50. The van der Waals surface area contributed by atoms with E-state index in [0.29, 0.717) is 0 Å². The van der Waals surface area contributed by atoms with Crippen LogP contribution in [-0.2, 0) is 16.0 Å². The summed E-state index contributed by atoms with van der Waals surface area (Å²) in [7, 11) is 1.39. The molecular formula is C19H16N4O2. The number of carbonyl (C=O) groups is 1. The Morgan fingerprint density at radius 1 is 1.08 bits per heavy atom. The minimum atomic E-state index is -0.314. The lowest BCUT2D eigenvalue weighted by Crippen LogP contribution is -2.12. The summed E-state index contributed by atoms with van der Waals surface area (Å²) in [5.74, 6) is -0.314. The summed E-state index contributed by atoms with van der Waals surface area (Å²) in [4.78, 5) is 16.6. The Morgan fingerprint density at radius 2 is 1.80 bits per heavy atom. The molecule has 0 N–H and O–H groups in total. The van der Waals surface area contributed by atoms with Crippen LogP contribution in [0.25, 0.3) is 27.6 Å². The Hall–Kier alpha value is -3.28. The maximum atomic E-state index is 12.0. The molecule has 4 aromatic rings. The standard InChI is InChI=1S/C19H16N4O2/c1-12-14(11-18(24)25-2)19(13-7-3-4-8-15(13)20-12)23-17-10-6-5-9-16(17)21-22-23/h3-10H,11H2,1-2H3. The van der Waals surface area contributed by atoms with E-state index in [1.54, 1.807) is 4.68 Å². The molecule has 2 aromatic carbocycles. The summed E-state index contributed by atoms with van der Waals surface area (Å²) < 4.78 is 6.65. The topological polar surface area (TPSA) is 69.9 Å². The van der Waals surface area contributed by atoms with Crippen molar-refractivity contribution >= 4 is 27.9 Å². The van der Waals surface area contributed by atoms with Crippen molar-refractivity contribution in [3.8, 4) is 5.69 Å². The summed E-state index contributed by atoms with van der Waals surface area (Å²) >= 11 is 0. The van der Waals surface area contributed by atoms with Crippen LogP contribution in [0.1, 0.15) is 11.3 Å². The van der Waals surface area contributed by atoms with Gasteiger partial charge in [-0.15, -0.1) is 5.10 Å². The third-order valence-electron chi connectivity index (χ3n) is 4.28. The highest BCUT2D eigenvalue weighted by atomic mass is 16.5. The highest BCUT2D eigenvalue weighted by Crippen LogP contribution is 2.29. The lowest BCUT2D eigenvalue weighted by Gasteiger charge is -2.15. The Morgan fingerprint density at radius 3 is 2.60 bits per heavy atom. The number of esters is 1. The van der Waals surface area contributed by atoms with Gasteiger partial charge in [0.15, 0.2) is 0 Å². The van der Waals surface area contributed by atoms with Gasteiger partial charge >= 0.3 is 5.97 Å². The molecule has 0 atom stereocenters. The Balaban J connectivity index is 2.09. The minimum absolute atomic E-state index is 0.129. The van der Waals surface area contributed by atoms with E-state index in [2.05, 4.69) is 15.3 Å². The first-order chi connectivity index (χ1) is 12.2. The van der Waals surface area contributed by atoms with Gasteiger partial charge < -0.3 is 4.74 Å². The average Bonchev–Trinajstić information content (AvgIpc) is 3.06. The van der Waals surface area contributed by atoms with Crippen molar-refractivity contribution in [1.82, 2.24) is 20.0 Å². The SMILES string of the molecule is COC(=O)Cc1c(C)nc2ccccc2c1-n1nnc2ccccc21. The number of hydrogen-bond donors (Lipinski definition) is 0. The molecule has 4 rings (SSSR count). The Labute approximate surface area is 144 Å². The predicted octanol–water partition coefficient (Wildman–Crippen LogP) is 2.99. The first kappa shape index (κ1) is 15.3. The number of para-hydroxylation sites is 2. The third-order valence-corrected chi connectivity index (χ3v) is 4.28. The van der Waals surface area contributed by atoms with Crippen LogP contribution in [0.4, 0.5) is 0 Å². The van der Waals surface area contributed by atoms with Crippen molar-refractivity contribution in [2.24, 2.45) is 0 Å². The highest BCUT2D eigenvalue weighted by molar-refractivity contribution is 5.92. The van der Waals surface area contributed by atoms with E-state index in [1.165, 1.54) is 7.11 Å². The van der Waals surface area contributed by atoms with E-state index < -0.39 is 0 Å². The molecule has 0 aliphatic heterocycles. The van der Waals surface area contributed by atoms with E-state index in [1.807, 2.05) is 55.5 Å². The molecule has 2 heterocycles. The monoisotopic (exact) mass is 332 g/mol. The zero-order valence-corrected chi connectivity index (χ0v) is 13.9. The molecule has 0 aliphatic carbocycles. The first-order valence-electron chi connectivity index (χ1n) is 7.95. The first-order valence-corrected chi connectivity index (χ1v) is 7.95. The molecule has 0 bridgehead atoms.